The molecule has 9 heteroatoms. The maximum absolute atomic E-state index is 13.9. The van der Waals surface area contributed by atoms with Crippen molar-refractivity contribution in [3.05, 3.63) is 89.0 Å². The van der Waals surface area contributed by atoms with Gasteiger partial charge in [-0.1, -0.05) is 18.2 Å². The molecule has 7 rings (SSSR count). The Morgan fingerprint density at radius 3 is 2.69 bits per heavy atom. The number of rotatable bonds is 8. The first kappa shape index (κ1) is 25.6. The SMILES string of the molecule is COc1ccc2c(c1OC)c(=O)n1c3ccc(O[C@@H](C)C(=O)NCCc4c[nH]c5ccccc45)cc3c3ccnc2c31. The first-order valence-electron chi connectivity index (χ1n) is 13.7. The Kier molecular flexibility index (Phi) is 6.08. The number of benzene rings is 3. The highest BCUT2D eigenvalue weighted by Gasteiger charge is 2.23. The van der Waals surface area contributed by atoms with Crippen molar-refractivity contribution in [1.82, 2.24) is 19.7 Å². The summed E-state index contributed by atoms with van der Waals surface area (Å²) in [5, 5.41) is 6.92. The molecule has 7 aromatic rings. The molecule has 0 aliphatic carbocycles. The molecular weight excluding hydrogens is 532 g/mol. The molecule has 0 radical (unpaired) electrons. The zero-order chi connectivity index (χ0) is 29.0. The molecule has 0 saturated heterocycles. The molecule has 0 fully saturated rings. The van der Waals surface area contributed by atoms with Gasteiger partial charge in [0.25, 0.3) is 11.5 Å². The summed E-state index contributed by atoms with van der Waals surface area (Å²) < 4.78 is 18.8. The molecule has 0 aliphatic heterocycles. The largest absolute Gasteiger partial charge is 0.493 e. The number of ether oxygens (including phenoxy) is 3. The van der Waals surface area contributed by atoms with Gasteiger partial charge >= 0.3 is 0 Å². The van der Waals surface area contributed by atoms with E-state index in [0.29, 0.717) is 52.0 Å². The van der Waals surface area contributed by atoms with E-state index in [0.717, 1.165) is 32.8 Å². The second kappa shape index (κ2) is 9.95. The van der Waals surface area contributed by atoms with E-state index >= 15 is 0 Å². The summed E-state index contributed by atoms with van der Waals surface area (Å²) in [7, 11) is 3.06. The number of aromatic nitrogens is 3. The number of carbonyl (C=O) groups is 1. The third-order valence-corrected chi connectivity index (χ3v) is 7.92. The van der Waals surface area contributed by atoms with Crippen molar-refractivity contribution in [1.29, 1.82) is 0 Å². The second-order valence-electron chi connectivity index (χ2n) is 10.3. The standard InChI is InChI=1S/C33H28N4O5/c1-18(32(38)35-14-12-19-17-36-25-7-5-4-6-21(19)25)42-20-8-10-26-24(16-20)22-13-15-34-29-23-9-11-27(40-2)31(41-3)28(23)33(39)37(26)30(22)29/h4-11,13,15-18,36H,12,14H2,1-3H3,(H,35,38)/t18-/m0/s1. The van der Waals surface area contributed by atoms with Crippen molar-refractivity contribution in [2.75, 3.05) is 20.8 Å². The van der Waals surface area contributed by atoms with Crippen molar-refractivity contribution in [2.45, 2.75) is 19.4 Å². The van der Waals surface area contributed by atoms with Crippen molar-refractivity contribution in [2.24, 2.45) is 0 Å². The summed E-state index contributed by atoms with van der Waals surface area (Å²) in [5.41, 5.74) is 4.12. The smallest absolute Gasteiger partial charge is 0.267 e. The quantitative estimate of drug-likeness (QED) is 0.247. The molecule has 1 atom stereocenters. The van der Waals surface area contributed by atoms with Crippen LogP contribution in [-0.4, -0.2) is 47.1 Å². The molecule has 0 unspecified atom stereocenters. The number of aromatic amines is 1. The molecule has 42 heavy (non-hydrogen) atoms. The van der Waals surface area contributed by atoms with Gasteiger partial charge in [-0.25, -0.2) is 0 Å². The Balaban J connectivity index is 1.20. The van der Waals surface area contributed by atoms with Crippen LogP contribution in [0.1, 0.15) is 12.5 Å². The average Bonchev–Trinajstić information content (AvgIpc) is 3.58. The van der Waals surface area contributed by atoms with Gasteiger partial charge in [0.05, 0.1) is 36.2 Å². The first-order chi connectivity index (χ1) is 20.5. The minimum atomic E-state index is -0.714. The molecule has 210 valence electrons. The molecule has 4 heterocycles. The van der Waals surface area contributed by atoms with Gasteiger partial charge in [-0.05, 0) is 61.4 Å². The van der Waals surface area contributed by atoms with E-state index < -0.39 is 6.10 Å². The monoisotopic (exact) mass is 560 g/mol. The lowest BCUT2D eigenvalue weighted by atomic mass is 10.1. The van der Waals surface area contributed by atoms with Gasteiger partial charge in [0.2, 0.25) is 0 Å². The van der Waals surface area contributed by atoms with Crippen LogP contribution >= 0.6 is 0 Å². The van der Waals surface area contributed by atoms with Gasteiger partial charge < -0.3 is 24.5 Å². The summed E-state index contributed by atoms with van der Waals surface area (Å²) in [6.07, 6.45) is 3.71. The third-order valence-electron chi connectivity index (χ3n) is 7.92. The summed E-state index contributed by atoms with van der Waals surface area (Å²) in [5.74, 6) is 1.17. The van der Waals surface area contributed by atoms with Crippen LogP contribution in [0.3, 0.4) is 0 Å². The molecular formula is C33H28N4O5. The fraction of sp³-hybridized carbons (Fsp3) is 0.182. The van der Waals surface area contributed by atoms with Crippen LogP contribution in [0.25, 0.3) is 49.0 Å². The number of H-pyrrole nitrogens is 1. The molecule has 0 saturated carbocycles. The summed E-state index contributed by atoms with van der Waals surface area (Å²) in [6, 6.07) is 19.1. The van der Waals surface area contributed by atoms with Gasteiger partial charge in [-0.2, -0.15) is 0 Å². The number of carbonyl (C=O) groups excluding carboxylic acids is 1. The maximum atomic E-state index is 13.9. The predicted octanol–water partition coefficient (Wildman–Crippen LogP) is 5.22. The topological polar surface area (TPSA) is 107 Å². The van der Waals surface area contributed by atoms with Crippen LogP contribution in [0.2, 0.25) is 0 Å². The molecule has 2 N–H and O–H groups in total. The van der Waals surface area contributed by atoms with Crippen molar-refractivity contribution >= 4 is 54.9 Å². The van der Waals surface area contributed by atoms with Gasteiger partial charge in [-0.3, -0.25) is 19.0 Å². The number of methoxy groups -OCH3 is 2. The molecule has 9 nitrogen and oxygen atoms in total. The lowest BCUT2D eigenvalue weighted by Crippen LogP contribution is -2.37. The van der Waals surface area contributed by atoms with E-state index in [2.05, 4.69) is 21.4 Å². The zero-order valence-corrected chi connectivity index (χ0v) is 23.4. The van der Waals surface area contributed by atoms with Crippen LogP contribution in [0.4, 0.5) is 0 Å². The number of nitrogens with one attached hydrogen (secondary N) is 2. The van der Waals surface area contributed by atoms with Crippen LogP contribution in [0.15, 0.2) is 77.9 Å². The number of hydrogen-bond donors (Lipinski definition) is 2. The van der Waals surface area contributed by atoms with Crippen LogP contribution in [-0.2, 0) is 11.2 Å². The Morgan fingerprint density at radius 2 is 1.86 bits per heavy atom. The summed E-state index contributed by atoms with van der Waals surface area (Å²) >= 11 is 0. The van der Waals surface area contributed by atoms with Crippen molar-refractivity contribution < 1.29 is 19.0 Å². The third kappa shape index (κ3) is 3.88. The molecule has 1 amide bonds. The average molecular weight is 561 g/mol. The fourth-order valence-corrected chi connectivity index (χ4v) is 5.93. The van der Waals surface area contributed by atoms with Gasteiger partial charge in [0, 0.05) is 46.0 Å². The highest BCUT2D eigenvalue weighted by molar-refractivity contribution is 6.19. The number of para-hydroxylation sites is 1. The Morgan fingerprint density at radius 1 is 1.00 bits per heavy atom. The fourth-order valence-electron chi connectivity index (χ4n) is 5.93. The number of pyridine rings is 2. The molecule has 0 spiro atoms. The molecule has 3 aromatic carbocycles. The van der Waals surface area contributed by atoms with Crippen molar-refractivity contribution in [3.63, 3.8) is 0 Å². The lowest BCUT2D eigenvalue weighted by molar-refractivity contribution is -0.127. The van der Waals surface area contributed by atoms with E-state index in [9.17, 15) is 9.59 Å². The van der Waals surface area contributed by atoms with E-state index in [4.69, 9.17) is 14.2 Å². The Labute approximate surface area is 240 Å². The maximum Gasteiger partial charge on any atom is 0.267 e. The second-order valence-corrected chi connectivity index (χ2v) is 10.3. The zero-order valence-electron chi connectivity index (χ0n) is 23.4. The van der Waals surface area contributed by atoms with Gasteiger partial charge in [-0.15, -0.1) is 0 Å². The minimum Gasteiger partial charge on any atom is -0.493 e. The van der Waals surface area contributed by atoms with E-state index in [-0.39, 0.29) is 11.5 Å². The normalized spacial score (nSPS) is 12.5. The number of nitrogens with zero attached hydrogens (tertiary/aromatic N) is 2. The Bertz CT molecular complexity index is 2200. The lowest BCUT2D eigenvalue weighted by Gasteiger charge is -2.15. The van der Waals surface area contributed by atoms with Crippen molar-refractivity contribution in [3.8, 4) is 17.2 Å². The highest BCUT2D eigenvalue weighted by Crippen LogP contribution is 2.39. The summed E-state index contributed by atoms with van der Waals surface area (Å²) in [4.78, 5) is 34.7. The highest BCUT2D eigenvalue weighted by atomic mass is 16.5. The van der Waals surface area contributed by atoms with Crippen LogP contribution in [0.5, 0.6) is 17.2 Å². The first-order valence-corrected chi connectivity index (χ1v) is 13.7. The van der Waals surface area contributed by atoms with E-state index in [1.165, 1.54) is 7.11 Å². The minimum absolute atomic E-state index is 0.201. The Hall–Kier alpha value is -5.31. The number of hydrogen-bond acceptors (Lipinski definition) is 6. The van der Waals surface area contributed by atoms with Crippen LogP contribution < -0.4 is 25.1 Å². The van der Waals surface area contributed by atoms with E-state index in [1.54, 1.807) is 36.8 Å². The number of amides is 1. The molecule has 0 aliphatic rings. The molecule has 0 bridgehead atoms. The van der Waals surface area contributed by atoms with Crippen LogP contribution in [0, 0.1) is 0 Å². The summed E-state index contributed by atoms with van der Waals surface area (Å²) in [6.45, 7) is 2.22. The van der Waals surface area contributed by atoms with E-state index in [1.807, 2.05) is 48.7 Å². The predicted molar refractivity (Wildman–Crippen MR) is 163 cm³/mol. The molecule has 4 aromatic heterocycles. The van der Waals surface area contributed by atoms with Gasteiger partial charge in [0.1, 0.15) is 5.75 Å². The number of fused-ring (bicyclic) bond motifs is 6. The van der Waals surface area contributed by atoms with Gasteiger partial charge in [0.15, 0.2) is 17.6 Å².